The molecule has 3 rings (SSSR count). The highest BCUT2D eigenvalue weighted by atomic mass is 79.9. The zero-order valence-electron chi connectivity index (χ0n) is 16.8. The lowest BCUT2D eigenvalue weighted by Gasteiger charge is -2.13. The summed E-state index contributed by atoms with van der Waals surface area (Å²) >= 11 is 9.30. The van der Waals surface area contributed by atoms with Crippen molar-refractivity contribution in [1.82, 2.24) is 5.32 Å². The average Bonchev–Trinajstić information content (AvgIpc) is 2.75. The molecule has 2 N–H and O–H groups in total. The Balaban J connectivity index is 1.94. The number of halogens is 2. The first kappa shape index (κ1) is 23.2. The molecule has 0 saturated heterocycles. The number of carbonyl (C=O) groups excluding carboxylic acids is 2. The standard InChI is InChI=1S/C23H17BrClN3O4/c1-14-12-16(25)8-11-20(14)26-23(30)21(13-15-6-9-17(10-7-15)28(31)32)27-22(29)18-4-2-3-5-19(18)24/h2-13H,1H3,(H,26,30)(H,27,29)/b21-13+. The molecule has 0 spiro atoms. The number of non-ortho nitro benzene ring substituents is 1. The number of nitro benzene ring substituents is 1. The number of nitrogens with zero attached hydrogens (tertiary/aromatic N) is 1. The zero-order chi connectivity index (χ0) is 23.3. The summed E-state index contributed by atoms with van der Waals surface area (Å²) in [7, 11) is 0. The van der Waals surface area contributed by atoms with Gasteiger partial charge in [-0.15, -0.1) is 0 Å². The molecule has 0 aliphatic heterocycles. The van der Waals surface area contributed by atoms with Crippen molar-refractivity contribution < 1.29 is 14.5 Å². The number of anilines is 1. The number of aryl methyl sites for hydroxylation is 1. The predicted molar refractivity (Wildman–Crippen MR) is 128 cm³/mol. The summed E-state index contributed by atoms with van der Waals surface area (Å²) < 4.78 is 0.570. The predicted octanol–water partition coefficient (Wildman–Crippen LogP) is 5.73. The molecule has 0 aromatic heterocycles. The molecule has 0 saturated carbocycles. The van der Waals surface area contributed by atoms with Gasteiger partial charge in [-0.25, -0.2) is 0 Å². The third-order valence-corrected chi connectivity index (χ3v) is 5.39. The minimum Gasteiger partial charge on any atom is -0.320 e. The number of rotatable bonds is 6. The molecular formula is C23H17BrClN3O4. The van der Waals surface area contributed by atoms with Crippen LogP contribution in [0.3, 0.4) is 0 Å². The summed E-state index contributed by atoms with van der Waals surface area (Å²) in [6, 6.07) is 17.4. The number of amides is 2. The normalized spacial score (nSPS) is 11.0. The Morgan fingerprint density at radius 1 is 1.06 bits per heavy atom. The average molecular weight is 515 g/mol. The first-order chi connectivity index (χ1) is 15.2. The Kier molecular flexibility index (Phi) is 7.40. The highest BCUT2D eigenvalue weighted by molar-refractivity contribution is 9.10. The summed E-state index contributed by atoms with van der Waals surface area (Å²) in [6.07, 6.45) is 1.44. The highest BCUT2D eigenvalue weighted by Crippen LogP contribution is 2.21. The van der Waals surface area contributed by atoms with E-state index in [9.17, 15) is 19.7 Å². The summed E-state index contributed by atoms with van der Waals surface area (Å²) in [5, 5.41) is 16.8. The van der Waals surface area contributed by atoms with Crippen LogP contribution in [0.1, 0.15) is 21.5 Å². The summed E-state index contributed by atoms with van der Waals surface area (Å²) in [5.41, 5.74) is 2.01. The molecule has 7 nitrogen and oxygen atoms in total. The Morgan fingerprint density at radius 2 is 1.75 bits per heavy atom. The van der Waals surface area contributed by atoms with Gasteiger partial charge in [0.25, 0.3) is 17.5 Å². The first-order valence-corrected chi connectivity index (χ1v) is 10.5. The lowest BCUT2D eigenvalue weighted by Crippen LogP contribution is -2.31. The van der Waals surface area contributed by atoms with Crippen LogP contribution in [-0.2, 0) is 4.79 Å². The van der Waals surface area contributed by atoms with Crippen molar-refractivity contribution >= 4 is 56.8 Å². The molecule has 0 bridgehead atoms. The summed E-state index contributed by atoms with van der Waals surface area (Å²) in [4.78, 5) is 36.2. The van der Waals surface area contributed by atoms with Gasteiger partial charge in [-0.3, -0.25) is 19.7 Å². The van der Waals surface area contributed by atoms with E-state index in [1.165, 1.54) is 30.3 Å². The van der Waals surface area contributed by atoms with Crippen molar-refractivity contribution in [2.24, 2.45) is 0 Å². The molecule has 9 heteroatoms. The van der Waals surface area contributed by atoms with E-state index >= 15 is 0 Å². The van der Waals surface area contributed by atoms with E-state index in [0.29, 0.717) is 26.3 Å². The van der Waals surface area contributed by atoms with Gasteiger partial charge >= 0.3 is 0 Å². The first-order valence-electron chi connectivity index (χ1n) is 9.34. The molecule has 0 unspecified atom stereocenters. The second-order valence-corrected chi connectivity index (χ2v) is 8.04. The second-order valence-electron chi connectivity index (χ2n) is 6.75. The molecule has 0 atom stereocenters. The number of carbonyl (C=O) groups is 2. The Bertz CT molecular complexity index is 1230. The molecule has 3 aromatic carbocycles. The summed E-state index contributed by atoms with van der Waals surface area (Å²) in [6.45, 7) is 1.79. The van der Waals surface area contributed by atoms with Crippen LogP contribution in [-0.4, -0.2) is 16.7 Å². The largest absolute Gasteiger partial charge is 0.320 e. The van der Waals surface area contributed by atoms with Crippen LogP contribution in [0.2, 0.25) is 5.02 Å². The van der Waals surface area contributed by atoms with Gasteiger partial charge in [0, 0.05) is 27.3 Å². The third kappa shape index (κ3) is 5.81. The number of benzene rings is 3. The van der Waals surface area contributed by atoms with E-state index < -0.39 is 16.7 Å². The molecular weight excluding hydrogens is 498 g/mol. The third-order valence-electron chi connectivity index (χ3n) is 4.46. The van der Waals surface area contributed by atoms with Gasteiger partial charge in [0.1, 0.15) is 5.70 Å². The number of nitro groups is 1. The quantitative estimate of drug-likeness (QED) is 0.249. The molecule has 3 aromatic rings. The zero-order valence-corrected chi connectivity index (χ0v) is 19.1. The van der Waals surface area contributed by atoms with Gasteiger partial charge < -0.3 is 10.6 Å². The topological polar surface area (TPSA) is 101 Å². The van der Waals surface area contributed by atoms with Crippen LogP contribution in [0, 0.1) is 17.0 Å². The monoisotopic (exact) mass is 513 g/mol. The molecule has 0 radical (unpaired) electrons. The SMILES string of the molecule is Cc1cc(Cl)ccc1NC(=O)/C(=C\c1ccc([N+](=O)[O-])cc1)NC(=O)c1ccccc1Br. The van der Waals surface area contributed by atoms with Crippen molar-refractivity contribution in [3.05, 3.63) is 109 Å². The molecule has 32 heavy (non-hydrogen) atoms. The number of nitrogens with one attached hydrogen (secondary N) is 2. The van der Waals surface area contributed by atoms with Crippen LogP contribution < -0.4 is 10.6 Å². The van der Waals surface area contributed by atoms with Crippen LogP contribution in [0.25, 0.3) is 6.08 Å². The number of hydrogen-bond donors (Lipinski definition) is 2. The fourth-order valence-electron chi connectivity index (χ4n) is 2.81. The summed E-state index contributed by atoms with van der Waals surface area (Å²) in [5.74, 6) is -1.05. The van der Waals surface area contributed by atoms with Crippen LogP contribution in [0.4, 0.5) is 11.4 Å². The molecule has 2 amide bonds. The maximum absolute atomic E-state index is 13.0. The van der Waals surface area contributed by atoms with Crippen LogP contribution in [0.15, 0.2) is 76.9 Å². The lowest BCUT2D eigenvalue weighted by molar-refractivity contribution is -0.384. The fraction of sp³-hybridized carbons (Fsp3) is 0.0435. The van der Waals surface area contributed by atoms with E-state index in [4.69, 9.17) is 11.6 Å². The molecule has 0 aliphatic rings. The minimum atomic E-state index is -0.561. The molecule has 162 valence electrons. The van der Waals surface area contributed by atoms with E-state index in [2.05, 4.69) is 26.6 Å². The number of hydrogen-bond acceptors (Lipinski definition) is 4. The van der Waals surface area contributed by atoms with E-state index in [1.807, 2.05) is 0 Å². The molecule has 0 aliphatic carbocycles. The van der Waals surface area contributed by atoms with Crippen molar-refractivity contribution in [2.75, 3.05) is 5.32 Å². The van der Waals surface area contributed by atoms with Crippen molar-refractivity contribution in [3.63, 3.8) is 0 Å². The van der Waals surface area contributed by atoms with Crippen LogP contribution in [0.5, 0.6) is 0 Å². The molecule has 0 fully saturated rings. The van der Waals surface area contributed by atoms with Crippen LogP contribution >= 0.6 is 27.5 Å². The van der Waals surface area contributed by atoms with Gasteiger partial charge in [-0.05, 0) is 82.5 Å². The van der Waals surface area contributed by atoms with E-state index in [-0.39, 0.29) is 11.4 Å². The van der Waals surface area contributed by atoms with Crippen molar-refractivity contribution in [2.45, 2.75) is 6.92 Å². The van der Waals surface area contributed by atoms with Crippen molar-refractivity contribution in [1.29, 1.82) is 0 Å². The van der Waals surface area contributed by atoms with Gasteiger partial charge in [-0.2, -0.15) is 0 Å². The van der Waals surface area contributed by atoms with E-state index in [1.54, 1.807) is 49.4 Å². The molecule has 0 heterocycles. The Hall–Kier alpha value is -3.49. The highest BCUT2D eigenvalue weighted by Gasteiger charge is 2.17. The smallest absolute Gasteiger partial charge is 0.272 e. The van der Waals surface area contributed by atoms with Crippen molar-refractivity contribution in [3.8, 4) is 0 Å². The van der Waals surface area contributed by atoms with Gasteiger partial charge in [0.2, 0.25) is 0 Å². The van der Waals surface area contributed by atoms with Gasteiger partial charge in [-0.1, -0.05) is 23.7 Å². The minimum absolute atomic E-state index is 0.0334. The fourth-order valence-corrected chi connectivity index (χ4v) is 3.50. The van der Waals surface area contributed by atoms with Gasteiger partial charge in [0.05, 0.1) is 10.5 Å². The maximum Gasteiger partial charge on any atom is 0.272 e. The Morgan fingerprint density at radius 3 is 2.38 bits per heavy atom. The van der Waals surface area contributed by atoms with E-state index in [0.717, 1.165) is 5.56 Å². The second kappa shape index (κ2) is 10.2. The lowest BCUT2D eigenvalue weighted by atomic mass is 10.1. The van der Waals surface area contributed by atoms with Gasteiger partial charge in [0.15, 0.2) is 0 Å². The maximum atomic E-state index is 13.0. The Labute approximate surface area is 197 Å².